The van der Waals surface area contributed by atoms with Crippen LogP contribution >= 0.6 is 0 Å². The molecule has 3 aromatic rings. The molecule has 0 saturated carbocycles. The Balaban J connectivity index is 1.85. The Morgan fingerprint density at radius 1 is 1.07 bits per heavy atom. The summed E-state index contributed by atoms with van der Waals surface area (Å²) >= 11 is 0. The molecule has 2 aromatic carbocycles. The van der Waals surface area contributed by atoms with E-state index in [0.29, 0.717) is 36.4 Å². The van der Waals surface area contributed by atoms with E-state index in [4.69, 9.17) is 4.74 Å². The molecular formula is C22H21FN2O2. The van der Waals surface area contributed by atoms with Crippen molar-refractivity contribution in [1.82, 2.24) is 9.88 Å². The zero-order valence-corrected chi connectivity index (χ0v) is 15.1. The van der Waals surface area contributed by atoms with Gasteiger partial charge in [0.15, 0.2) is 0 Å². The van der Waals surface area contributed by atoms with Gasteiger partial charge < -0.3 is 9.64 Å². The number of hydrogen-bond donors (Lipinski definition) is 0. The van der Waals surface area contributed by atoms with E-state index < -0.39 is 0 Å². The molecule has 1 heterocycles. The minimum absolute atomic E-state index is 0.160. The smallest absolute Gasteiger partial charge is 0.257 e. The Bertz CT molecular complexity index is 900. The maximum atomic E-state index is 14.0. The van der Waals surface area contributed by atoms with Gasteiger partial charge in [0.2, 0.25) is 0 Å². The minimum Gasteiger partial charge on any atom is -0.496 e. The fourth-order valence-corrected chi connectivity index (χ4v) is 2.91. The summed E-state index contributed by atoms with van der Waals surface area (Å²) in [4.78, 5) is 19.0. The van der Waals surface area contributed by atoms with Gasteiger partial charge >= 0.3 is 0 Å². The third kappa shape index (κ3) is 4.70. The van der Waals surface area contributed by atoms with E-state index in [2.05, 4.69) is 4.98 Å². The molecule has 3 rings (SSSR count). The molecule has 0 N–H and O–H groups in total. The van der Waals surface area contributed by atoms with E-state index in [-0.39, 0.29) is 11.7 Å². The number of ether oxygens (including phenoxy) is 1. The van der Waals surface area contributed by atoms with Crippen LogP contribution in [0.4, 0.5) is 4.39 Å². The van der Waals surface area contributed by atoms with Gasteiger partial charge in [0.1, 0.15) is 11.6 Å². The summed E-state index contributed by atoms with van der Waals surface area (Å²) in [6.07, 6.45) is 3.84. The number of carbonyl (C=O) groups excluding carboxylic acids is 1. The molecule has 0 spiro atoms. The number of pyridine rings is 1. The van der Waals surface area contributed by atoms with Crippen molar-refractivity contribution in [3.63, 3.8) is 0 Å². The van der Waals surface area contributed by atoms with E-state index in [0.717, 1.165) is 5.56 Å². The van der Waals surface area contributed by atoms with Crippen LogP contribution in [0.25, 0.3) is 0 Å². The zero-order valence-electron chi connectivity index (χ0n) is 15.1. The molecule has 0 saturated heterocycles. The Morgan fingerprint density at radius 2 is 1.85 bits per heavy atom. The van der Waals surface area contributed by atoms with E-state index >= 15 is 0 Å². The summed E-state index contributed by atoms with van der Waals surface area (Å²) in [7, 11) is 1.54. The number of halogens is 1. The number of rotatable bonds is 7. The first-order valence-corrected chi connectivity index (χ1v) is 8.73. The molecule has 0 aliphatic heterocycles. The fraction of sp³-hybridized carbons (Fsp3) is 0.182. The lowest BCUT2D eigenvalue weighted by atomic mass is 10.1. The van der Waals surface area contributed by atoms with Gasteiger partial charge in [-0.15, -0.1) is 0 Å². The third-order valence-corrected chi connectivity index (χ3v) is 4.33. The Morgan fingerprint density at radius 3 is 2.59 bits per heavy atom. The highest BCUT2D eigenvalue weighted by Crippen LogP contribution is 2.21. The largest absolute Gasteiger partial charge is 0.496 e. The molecule has 27 heavy (non-hydrogen) atoms. The number of nitrogens with zero attached hydrogens (tertiary/aromatic N) is 2. The van der Waals surface area contributed by atoms with Gasteiger partial charge in [0, 0.05) is 25.5 Å². The minimum atomic E-state index is -0.261. The van der Waals surface area contributed by atoms with Crippen LogP contribution in [-0.4, -0.2) is 29.4 Å². The topological polar surface area (TPSA) is 42.4 Å². The molecular weight excluding hydrogens is 343 g/mol. The van der Waals surface area contributed by atoms with Crippen molar-refractivity contribution >= 4 is 5.91 Å². The van der Waals surface area contributed by atoms with Crippen LogP contribution in [0.3, 0.4) is 0 Å². The number of aromatic nitrogens is 1. The normalized spacial score (nSPS) is 10.4. The fourth-order valence-electron chi connectivity index (χ4n) is 2.91. The molecule has 4 nitrogen and oxygen atoms in total. The van der Waals surface area contributed by atoms with E-state index in [9.17, 15) is 9.18 Å². The second kappa shape index (κ2) is 8.94. The van der Waals surface area contributed by atoms with Crippen molar-refractivity contribution in [3.05, 3.63) is 95.6 Å². The van der Waals surface area contributed by atoms with Gasteiger partial charge in [-0.05, 0) is 41.8 Å². The van der Waals surface area contributed by atoms with Crippen molar-refractivity contribution in [3.8, 4) is 5.75 Å². The lowest BCUT2D eigenvalue weighted by molar-refractivity contribution is 0.0741. The summed E-state index contributed by atoms with van der Waals surface area (Å²) in [5.41, 5.74) is 1.98. The number of carbonyl (C=O) groups is 1. The lowest BCUT2D eigenvalue weighted by Gasteiger charge is -2.24. The SMILES string of the molecule is COc1ccccc1C(=O)N(CCc1ccccc1F)Cc1cccnc1. The van der Waals surface area contributed by atoms with Gasteiger partial charge in [0.25, 0.3) is 5.91 Å². The van der Waals surface area contributed by atoms with Crippen LogP contribution in [0.15, 0.2) is 73.1 Å². The van der Waals surface area contributed by atoms with Crippen molar-refractivity contribution in [1.29, 1.82) is 0 Å². The predicted octanol–water partition coefficient (Wildman–Crippen LogP) is 4.11. The second-order valence-corrected chi connectivity index (χ2v) is 6.13. The number of methoxy groups -OCH3 is 1. The molecule has 0 unspecified atom stereocenters. The molecule has 1 amide bonds. The number of benzene rings is 2. The average Bonchev–Trinajstić information content (AvgIpc) is 2.72. The molecule has 1 aromatic heterocycles. The van der Waals surface area contributed by atoms with Crippen molar-refractivity contribution in [2.45, 2.75) is 13.0 Å². The highest BCUT2D eigenvalue weighted by molar-refractivity contribution is 5.96. The van der Waals surface area contributed by atoms with E-state index in [1.54, 1.807) is 53.7 Å². The van der Waals surface area contributed by atoms with Gasteiger partial charge in [-0.3, -0.25) is 9.78 Å². The van der Waals surface area contributed by atoms with E-state index in [1.165, 1.54) is 13.2 Å². The maximum Gasteiger partial charge on any atom is 0.257 e. The monoisotopic (exact) mass is 364 g/mol. The quantitative estimate of drug-likeness (QED) is 0.633. The molecule has 0 bridgehead atoms. The molecule has 138 valence electrons. The molecule has 0 fully saturated rings. The maximum absolute atomic E-state index is 14.0. The Hall–Kier alpha value is -3.21. The van der Waals surface area contributed by atoms with Gasteiger partial charge in [-0.2, -0.15) is 0 Å². The van der Waals surface area contributed by atoms with Crippen LogP contribution in [0.5, 0.6) is 5.75 Å². The van der Waals surface area contributed by atoms with Crippen molar-refractivity contribution < 1.29 is 13.9 Å². The van der Waals surface area contributed by atoms with Gasteiger partial charge in [-0.1, -0.05) is 36.4 Å². The van der Waals surface area contributed by atoms with Crippen molar-refractivity contribution in [2.75, 3.05) is 13.7 Å². The van der Waals surface area contributed by atoms with E-state index in [1.807, 2.05) is 18.2 Å². The second-order valence-electron chi connectivity index (χ2n) is 6.13. The zero-order chi connectivity index (χ0) is 19.1. The van der Waals surface area contributed by atoms with Crippen LogP contribution in [0.2, 0.25) is 0 Å². The van der Waals surface area contributed by atoms with Crippen LogP contribution in [-0.2, 0) is 13.0 Å². The molecule has 0 aliphatic rings. The summed E-state index contributed by atoms with van der Waals surface area (Å²) in [5, 5.41) is 0. The third-order valence-electron chi connectivity index (χ3n) is 4.33. The lowest BCUT2D eigenvalue weighted by Crippen LogP contribution is -2.33. The number of para-hydroxylation sites is 1. The van der Waals surface area contributed by atoms with Gasteiger partial charge in [-0.25, -0.2) is 4.39 Å². The average molecular weight is 364 g/mol. The first-order valence-electron chi connectivity index (χ1n) is 8.73. The van der Waals surface area contributed by atoms with Crippen LogP contribution in [0, 0.1) is 5.82 Å². The van der Waals surface area contributed by atoms with Crippen molar-refractivity contribution in [2.24, 2.45) is 0 Å². The van der Waals surface area contributed by atoms with Crippen LogP contribution < -0.4 is 4.74 Å². The molecule has 0 atom stereocenters. The Labute approximate surface area is 158 Å². The summed E-state index contributed by atoms with van der Waals surface area (Å²) in [6.45, 7) is 0.770. The summed E-state index contributed by atoms with van der Waals surface area (Å²) < 4.78 is 19.3. The molecule has 0 aliphatic carbocycles. The van der Waals surface area contributed by atoms with Gasteiger partial charge in [0.05, 0.1) is 12.7 Å². The molecule has 0 radical (unpaired) electrons. The first kappa shape index (κ1) is 18.6. The Kier molecular flexibility index (Phi) is 6.15. The summed E-state index contributed by atoms with van der Waals surface area (Å²) in [6, 6.07) is 17.5. The highest BCUT2D eigenvalue weighted by atomic mass is 19.1. The number of hydrogen-bond acceptors (Lipinski definition) is 3. The first-order chi connectivity index (χ1) is 13.2. The summed E-state index contributed by atoms with van der Waals surface area (Å²) in [5.74, 6) is 0.0980. The number of amides is 1. The van der Waals surface area contributed by atoms with Crippen LogP contribution in [0.1, 0.15) is 21.5 Å². The standard InChI is InChI=1S/C22H21FN2O2/c1-27-21-11-5-3-9-19(21)22(26)25(16-17-7-6-13-24-15-17)14-12-18-8-2-4-10-20(18)23/h2-11,13,15H,12,14,16H2,1H3. The predicted molar refractivity (Wildman–Crippen MR) is 102 cm³/mol. The molecule has 5 heteroatoms. The highest BCUT2D eigenvalue weighted by Gasteiger charge is 2.20.